The summed E-state index contributed by atoms with van der Waals surface area (Å²) in [6, 6.07) is 13.0. The molecule has 1 heterocycles. The van der Waals surface area contributed by atoms with Crippen molar-refractivity contribution >= 4 is 34.8 Å². The molecule has 0 unspecified atom stereocenters. The molecule has 5 heteroatoms. The molecule has 0 atom stereocenters. The van der Waals surface area contributed by atoms with Crippen LogP contribution in [0.3, 0.4) is 0 Å². The third-order valence-corrected chi connectivity index (χ3v) is 4.48. The molecule has 1 N–H and O–H groups in total. The van der Waals surface area contributed by atoms with Gasteiger partial charge in [0, 0.05) is 5.69 Å². The SMILES string of the molecule is Cc1cccc(NC2=C(Cl)C(=O)N(c3cccc(C)c3C)C2=O)c1. The van der Waals surface area contributed by atoms with Crippen molar-refractivity contribution < 1.29 is 9.59 Å². The van der Waals surface area contributed by atoms with Crippen molar-refractivity contribution in [2.45, 2.75) is 20.8 Å². The summed E-state index contributed by atoms with van der Waals surface area (Å²) in [4.78, 5) is 26.4. The van der Waals surface area contributed by atoms with Crippen LogP contribution in [-0.4, -0.2) is 11.8 Å². The number of benzene rings is 2. The summed E-state index contributed by atoms with van der Waals surface area (Å²) in [5, 5.41) is 2.89. The number of rotatable bonds is 3. The highest BCUT2D eigenvalue weighted by Crippen LogP contribution is 2.32. The Morgan fingerprint density at radius 3 is 2.38 bits per heavy atom. The van der Waals surface area contributed by atoms with Crippen LogP contribution in [0.1, 0.15) is 16.7 Å². The van der Waals surface area contributed by atoms with E-state index < -0.39 is 11.8 Å². The summed E-state index contributed by atoms with van der Waals surface area (Å²) in [6.45, 7) is 5.76. The Morgan fingerprint density at radius 2 is 1.67 bits per heavy atom. The molecular weight excluding hydrogens is 324 g/mol. The number of nitrogens with one attached hydrogen (secondary N) is 1. The van der Waals surface area contributed by atoms with Gasteiger partial charge in [-0.25, -0.2) is 4.90 Å². The topological polar surface area (TPSA) is 49.4 Å². The van der Waals surface area contributed by atoms with Gasteiger partial charge in [0.2, 0.25) is 0 Å². The number of nitrogens with zero attached hydrogens (tertiary/aromatic N) is 1. The molecule has 0 saturated carbocycles. The number of hydrogen-bond acceptors (Lipinski definition) is 3. The van der Waals surface area contributed by atoms with Gasteiger partial charge in [0.25, 0.3) is 11.8 Å². The molecule has 2 aromatic rings. The van der Waals surface area contributed by atoms with Gasteiger partial charge in [-0.2, -0.15) is 0 Å². The average molecular weight is 341 g/mol. The zero-order valence-electron chi connectivity index (χ0n) is 13.7. The minimum Gasteiger partial charge on any atom is -0.350 e. The van der Waals surface area contributed by atoms with Crippen LogP contribution < -0.4 is 10.2 Å². The second-order valence-electron chi connectivity index (χ2n) is 5.85. The van der Waals surface area contributed by atoms with E-state index in [-0.39, 0.29) is 10.7 Å². The van der Waals surface area contributed by atoms with Gasteiger partial charge < -0.3 is 5.32 Å². The van der Waals surface area contributed by atoms with Crippen LogP contribution in [0.15, 0.2) is 53.2 Å². The Morgan fingerprint density at radius 1 is 0.958 bits per heavy atom. The lowest BCUT2D eigenvalue weighted by Crippen LogP contribution is -2.33. The summed E-state index contributed by atoms with van der Waals surface area (Å²) in [5.74, 6) is -0.953. The van der Waals surface area contributed by atoms with Crippen molar-refractivity contribution in [1.29, 1.82) is 0 Å². The predicted octanol–water partition coefficient (Wildman–Crippen LogP) is 4.05. The van der Waals surface area contributed by atoms with E-state index in [9.17, 15) is 9.59 Å². The first-order valence-corrected chi connectivity index (χ1v) is 7.96. The Kier molecular flexibility index (Phi) is 4.16. The number of anilines is 2. The van der Waals surface area contributed by atoms with E-state index >= 15 is 0 Å². The summed E-state index contributed by atoms with van der Waals surface area (Å²) in [7, 11) is 0. The lowest BCUT2D eigenvalue weighted by atomic mass is 10.1. The minimum atomic E-state index is -0.509. The molecule has 0 fully saturated rings. The number of hydrogen-bond donors (Lipinski definition) is 1. The van der Waals surface area contributed by atoms with Crippen molar-refractivity contribution in [3.8, 4) is 0 Å². The summed E-state index contributed by atoms with van der Waals surface area (Å²) in [5.41, 5.74) is 4.30. The highest BCUT2D eigenvalue weighted by Gasteiger charge is 2.39. The molecule has 1 aliphatic rings. The molecule has 2 amide bonds. The third kappa shape index (κ3) is 2.69. The van der Waals surface area contributed by atoms with E-state index in [1.165, 1.54) is 0 Å². The number of imide groups is 1. The molecule has 0 aliphatic carbocycles. The maximum Gasteiger partial charge on any atom is 0.283 e. The zero-order valence-corrected chi connectivity index (χ0v) is 14.4. The van der Waals surface area contributed by atoms with Crippen LogP contribution in [0, 0.1) is 20.8 Å². The van der Waals surface area contributed by atoms with E-state index in [0.29, 0.717) is 11.4 Å². The molecule has 0 bridgehead atoms. The predicted molar refractivity (Wildman–Crippen MR) is 96.1 cm³/mol. The fourth-order valence-electron chi connectivity index (χ4n) is 2.68. The van der Waals surface area contributed by atoms with Crippen LogP contribution in [-0.2, 0) is 9.59 Å². The molecule has 3 rings (SSSR count). The fraction of sp³-hybridized carbons (Fsp3) is 0.158. The van der Waals surface area contributed by atoms with Crippen molar-refractivity contribution in [2.24, 2.45) is 0 Å². The van der Waals surface area contributed by atoms with Gasteiger partial charge in [0.1, 0.15) is 10.7 Å². The Balaban J connectivity index is 1.97. The standard InChI is InChI=1S/C19H17ClN2O2/c1-11-6-4-8-14(10-11)21-17-16(20)18(23)22(19(17)24)15-9-5-7-12(2)13(15)3/h4-10,21H,1-3H3. The molecule has 122 valence electrons. The summed E-state index contributed by atoms with van der Waals surface area (Å²) >= 11 is 6.16. The lowest BCUT2D eigenvalue weighted by molar-refractivity contribution is -0.120. The second-order valence-corrected chi connectivity index (χ2v) is 6.23. The molecule has 2 aromatic carbocycles. The smallest absolute Gasteiger partial charge is 0.283 e. The van der Waals surface area contributed by atoms with Gasteiger partial charge in [-0.05, 0) is 55.7 Å². The van der Waals surface area contributed by atoms with Crippen LogP contribution >= 0.6 is 11.6 Å². The van der Waals surface area contributed by atoms with Crippen LogP contribution in [0.4, 0.5) is 11.4 Å². The second kappa shape index (κ2) is 6.13. The van der Waals surface area contributed by atoms with Crippen molar-refractivity contribution in [1.82, 2.24) is 0 Å². The van der Waals surface area contributed by atoms with Gasteiger partial charge in [0.15, 0.2) is 0 Å². The highest BCUT2D eigenvalue weighted by atomic mass is 35.5. The monoisotopic (exact) mass is 340 g/mol. The van der Waals surface area contributed by atoms with E-state index in [0.717, 1.165) is 21.6 Å². The molecule has 0 spiro atoms. The Labute approximate surface area is 145 Å². The highest BCUT2D eigenvalue weighted by molar-refractivity contribution is 6.53. The summed E-state index contributed by atoms with van der Waals surface area (Å²) < 4.78 is 0. The van der Waals surface area contributed by atoms with Gasteiger partial charge >= 0.3 is 0 Å². The van der Waals surface area contributed by atoms with Crippen LogP contribution in [0.25, 0.3) is 0 Å². The lowest BCUT2D eigenvalue weighted by Gasteiger charge is -2.18. The van der Waals surface area contributed by atoms with E-state index in [2.05, 4.69) is 5.32 Å². The number of halogens is 1. The molecule has 0 saturated heterocycles. The Bertz CT molecular complexity index is 887. The third-order valence-electron chi connectivity index (χ3n) is 4.13. The first kappa shape index (κ1) is 16.3. The van der Waals surface area contributed by atoms with Gasteiger partial charge in [-0.15, -0.1) is 0 Å². The number of aryl methyl sites for hydroxylation is 2. The summed E-state index contributed by atoms with van der Waals surface area (Å²) in [6.07, 6.45) is 0. The molecule has 24 heavy (non-hydrogen) atoms. The van der Waals surface area contributed by atoms with Crippen molar-refractivity contribution in [2.75, 3.05) is 10.2 Å². The molecule has 0 aromatic heterocycles. The number of carbonyl (C=O) groups is 2. The molecule has 0 radical (unpaired) electrons. The maximum atomic E-state index is 12.8. The van der Waals surface area contributed by atoms with Crippen molar-refractivity contribution in [3.05, 3.63) is 69.9 Å². The quantitative estimate of drug-likeness (QED) is 0.858. The van der Waals surface area contributed by atoms with Crippen LogP contribution in [0.2, 0.25) is 0 Å². The van der Waals surface area contributed by atoms with Crippen LogP contribution in [0.5, 0.6) is 0 Å². The molecular formula is C19H17ClN2O2. The van der Waals surface area contributed by atoms with E-state index in [1.54, 1.807) is 6.07 Å². The van der Waals surface area contributed by atoms with Gasteiger partial charge in [-0.1, -0.05) is 35.9 Å². The van der Waals surface area contributed by atoms with Crippen molar-refractivity contribution in [3.63, 3.8) is 0 Å². The average Bonchev–Trinajstić information content (AvgIpc) is 2.74. The number of carbonyl (C=O) groups excluding carboxylic acids is 2. The minimum absolute atomic E-state index is 0.0950. The Hall–Kier alpha value is -2.59. The largest absolute Gasteiger partial charge is 0.350 e. The normalized spacial score (nSPS) is 14.6. The number of amides is 2. The van der Waals surface area contributed by atoms with Gasteiger partial charge in [0.05, 0.1) is 5.69 Å². The molecule has 4 nitrogen and oxygen atoms in total. The molecule has 1 aliphatic heterocycles. The first-order chi connectivity index (χ1) is 11.4. The first-order valence-electron chi connectivity index (χ1n) is 7.58. The maximum absolute atomic E-state index is 12.8. The van der Waals surface area contributed by atoms with Gasteiger partial charge in [-0.3, -0.25) is 9.59 Å². The zero-order chi connectivity index (χ0) is 17.4. The fourth-order valence-corrected chi connectivity index (χ4v) is 2.89. The van der Waals surface area contributed by atoms with E-state index in [4.69, 9.17) is 11.6 Å². The van der Waals surface area contributed by atoms with E-state index in [1.807, 2.05) is 57.2 Å².